The summed E-state index contributed by atoms with van der Waals surface area (Å²) >= 11 is 0. The minimum Gasteiger partial charge on any atom is -0.445 e. The third kappa shape index (κ3) is 23.2. The minimum absolute atomic E-state index is 0.0137. The van der Waals surface area contributed by atoms with Crippen LogP contribution in [0, 0.1) is 47.3 Å². The number of likely N-dealkylation sites (tertiary alicyclic amines) is 1. The molecule has 0 radical (unpaired) electrons. The SMILES string of the molecule is CO[C@H]([C@@H](C)C(=O)C[C@H](C)[C@@H](O)c1ccccc1)[C@@H]1CCCN1C(=O)C[C@@H](OC)[C@H](C1CCCCC1)N(C)C(=O)[C@@H](CC(=O)[C@H](C(C)C)N(C)C(=O)OCc1ccc(NC(=O)C(CCCNC(N)=O)CC(=O)[C@@H](NC(=O)CCCCCN2C(=O)C=CC2=O)C(C)C)cc1)C(C)C. The van der Waals surface area contributed by atoms with E-state index in [0.29, 0.717) is 49.9 Å². The maximum Gasteiger partial charge on any atom is 0.410 e. The minimum atomic E-state index is -0.958. The van der Waals surface area contributed by atoms with Gasteiger partial charge < -0.3 is 55.7 Å². The molecular weight excluding hydrogens is 1230 g/mol. The number of Topliss-reactive ketones (excluding diaryl/α,β-unsaturated/α-hetero) is 3. The zero-order valence-electron chi connectivity index (χ0n) is 58.9. The van der Waals surface area contributed by atoms with Crippen molar-refractivity contribution in [2.75, 3.05) is 53.3 Å². The van der Waals surface area contributed by atoms with Crippen molar-refractivity contribution >= 4 is 70.6 Å². The van der Waals surface area contributed by atoms with Crippen molar-refractivity contribution in [1.29, 1.82) is 0 Å². The van der Waals surface area contributed by atoms with Crippen LogP contribution in [0.15, 0.2) is 66.7 Å². The topological polar surface area (TPSA) is 311 Å². The number of hydrogen-bond donors (Lipinski definition) is 5. The molecule has 0 aromatic heterocycles. The number of aliphatic hydroxyl groups excluding tert-OH is 1. The van der Waals surface area contributed by atoms with E-state index < -0.39 is 72.2 Å². The second-order valence-electron chi connectivity index (χ2n) is 27.7. The fourth-order valence-corrected chi connectivity index (χ4v) is 14.1. The Morgan fingerprint density at radius 2 is 1.35 bits per heavy atom. The van der Waals surface area contributed by atoms with Crippen LogP contribution >= 0.6 is 0 Å². The Kier molecular flexibility index (Phi) is 32.3. The van der Waals surface area contributed by atoms with E-state index in [1.165, 1.54) is 24.1 Å². The number of rotatable bonds is 40. The average molecular weight is 1340 g/mol. The number of unbranched alkanes of at least 4 members (excludes halogenated alkanes) is 2. The van der Waals surface area contributed by atoms with Crippen LogP contribution in [-0.2, 0) is 64.0 Å². The molecule has 0 bridgehead atoms. The number of nitrogens with zero attached hydrogens (tertiary/aromatic N) is 4. The fourth-order valence-electron chi connectivity index (χ4n) is 14.1. The van der Waals surface area contributed by atoms with Crippen molar-refractivity contribution < 1.29 is 72.1 Å². The normalized spacial score (nSPS) is 18.2. The molecular formula is C73H110N8O15. The number of primary amides is 1. The van der Waals surface area contributed by atoms with E-state index in [4.69, 9.17) is 19.9 Å². The molecule has 6 N–H and O–H groups in total. The highest BCUT2D eigenvalue weighted by atomic mass is 16.6. The molecule has 3 aliphatic rings. The molecule has 2 heterocycles. The van der Waals surface area contributed by atoms with E-state index in [-0.39, 0.29) is 141 Å². The van der Waals surface area contributed by atoms with Gasteiger partial charge in [-0.25, -0.2) is 9.59 Å². The lowest BCUT2D eigenvalue weighted by Crippen LogP contribution is -2.55. The molecule has 5 rings (SSSR count). The number of amides is 9. The molecule has 1 saturated carbocycles. The van der Waals surface area contributed by atoms with Crippen LogP contribution in [0.1, 0.15) is 182 Å². The van der Waals surface area contributed by atoms with Gasteiger partial charge in [-0.05, 0) is 104 Å². The molecule has 23 nitrogen and oxygen atoms in total. The number of hydrogen-bond acceptors (Lipinski definition) is 15. The summed E-state index contributed by atoms with van der Waals surface area (Å²) in [6, 6.07) is 12.4. The summed E-state index contributed by atoms with van der Waals surface area (Å²) in [5.74, 6) is -6.19. The second kappa shape index (κ2) is 39.1. The van der Waals surface area contributed by atoms with Gasteiger partial charge in [0, 0.05) is 109 Å². The molecule has 2 fully saturated rings. The van der Waals surface area contributed by atoms with Crippen molar-refractivity contribution in [2.24, 2.45) is 53.1 Å². The number of carbonyl (C=O) groups excluding carboxylic acids is 11. The van der Waals surface area contributed by atoms with Crippen LogP contribution in [0.4, 0.5) is 15.3 Å². The maximum atomic E-state index is 15.1. The number of aliphatic hydroxyl groups is 1. The molecule has 11 atom stereocenters. The van der Waals surface area contributed by atoms with E-state index in [1.54, 1.807) is 64.3 Å². The van der Waals surface area contributed by atoms with E-state index >= 15 is 4.79 Å². The summed E-state index contributed by atoms with van der Waals surface area (Å²) in [7, 11) is 6.37. The predicted molar refractivity (Wildman–Crippen MR) is 364 cm³/mol. The Bertz CT molecular complexity index is 2930. The van der Waals surface area contributed by atoms with E-state index in [1.807, 2.05) is 76.8 Å². The molecule has 0 spiro atoms. The first-order chi connectivity index (χ1) is 45.6. The van der Waals surface area contributed by atoms with Gasteiger partial charge in [0.25, 0.3) is 11.8 Å². The summed E-state index contributed by atoms with van der Waals surface area (Å²) < 4.78 is 18.1. The Morgan fingerprint density at radius 1 is 0.698 bits per heavy atom. The second-order valence-corrected chi connectivity index (χ2v) is 27.7. The first-order valence-corrected chi connectivity index (χ1v) is 34.7. The van der Waals surface area contributed by atoms with Gasteiger partial charge in [-0.2, -0.15) is 0 Å². The van der Waals surface area contributed by atoms with Gasteiger partial charge in [-0.15, -0.1) is 0 Å². The van der Waals surface area contributed by atoms with Crippen LogP contribution in [0.25, 0.3) is 0 Å². The quantitative estimate of drug-likeness (QED) is 0.0307. The first-order valence-electron chi connectivity index (χ1n) is 34.7. The number of imide groups is 1. The van der Waals surface area contributed by atoms with Gasteiger partial charge in [-0.3, -0.25) is 48.1 Å². The lowest BCUT2D eigenvalue weighted by atomic mass is 9.79. The van der Waals surface area contributed by atoms with Crippen molar-refractivity contribution in [3.63, 3.8) is 0 Å². The van der Waals surface area contributed by atoms with Crippen LogP contribution in [0.2, 0.25) is 0 Å². The average Bonchev–Trinajstić information content (AvgIpc) is 1.28. The fraction of sp³-hybridized carbons (Fsp3) is 0.658. The number of urea groups is 1. The molecule has 9 amide bonds. The number of nitrogens with one attached hydrogen (secondary N) is 3. The molecule has 1 aliphatic carbocycles. The smallest absolute Gasteiger partial charge is 0.410 e. The Labute approximate surface area is 568 Å². The Balaban J connectivity index is 1.19. The van der Waals surface area contributed by atoms with Gasteiger partial charge in [-0.1, -0.05) is 124 Å². The van der Waals surface area contributed by atoms with Crippen molar-refractivity contribution in [3.05, 3.63) is 77.9 Å². The van der Waals surface area contributed by atoms with Crippen molar-refractivity contribution in [2.45, 2.75) is 214 Å². The number of benzene rings is 2. The number of methoxy groups -OCH3 is 2. The standard InChI is InChI=1S/C73H110N8O15/c1-45(2)55(71(91)78(9)67(51-24-16-13-17-25-51)60(94-11)43-64(88)80-39-23-29-56(80)69(95-12)49(8)57(82)40-48(7)68(89)52-26-18-14-19-27-52)42-59(84)66(47(5)6)79(10)73(93)96-44-50-31-33-54(34-32-50)76-70(90)53(28-22-37-75-72(74)92)41-58(83)65(46(3)4)77-61(85)30-20-15-21-38-81-62(86)35-36-63(81)87/h14,18-19,26-27,31-36,45-49,51,53,55-56,60,65-69,89H,13,15-17,20-25,28-30,37-44H2,1-12H3,(H,76,90)(H,77,85)(H3,74,75,92)/t48-,49-,53?,55-,56-,60+,65-,66-,67-,68+,69+/m0/s1. The zero-order valence-corrected chi connectivity index (χ0v) is 58.9. The summed E-state index contributed by atoms with van der Waals surface area (Å²) in [6.45, 7) is 15.4. The molecule has 2 aliphatic heterocycles. The number of ether oxygens (including phenoxy) is 3. The van der Waals surface area contributed by atoms with E-state index in [2.05, 4.69) is 16.0 Å². The first kappa shape index (κ1) is 79.3. The van der Waals surface area contributed by atoms with E-state index in [0.717, 1.165) is 49.0 Å². The third-order valence-corrected chi connectivity index (χ3v) is 19.6. The van der Waals surface area contributed by atoms with Crippen LogP contribution in [0.5, 0.6) is 0 Å². The number of anilines is 1. The van der Waals surface area contributed by atoms with Crippen molar-refractivity contribution in [3.8, 4) is 0 Å². The van der Waals surface area contributed by atoms with Crippen LogP contribution < -0.4 is 21.7 Å². The molecule has 532 valence electrons. The summed E-state index contributed by atoms with van der Waals surface area (Å²) in [4.78, 5) is 154. The van der Waals surface area contributed by atoms with E-state index in [9.17, 15) is 53.1 Å². The molecule has 2 aromatic carbocycles. The lowest BCUT2D eigenvalue weighted by Gasteiger charge is -2.43. The van der Waals surface area contributed by atoms with Crippen LogP contribution in [0.3, 0.4) is 0 Å². The molecule has 23 heteroatoms. The summed E-state index contributed by atoms with van der Waals surface area (Å²) in [5.41, 5.74) is 6.96. The molecule has 2 aromatic rings. The predicted octanol–water partition coefficient (Wildman–Crippen LogP) is 8.88. The van der Waals surface area contributed by atoms with Gasteiger partial charge in [0.05, 0.1) is 48.9 Å². The summed E-state index contributed by atoms with van der Waals surface area (Å²) in [5, 5.41) is 19.3. The third-order valence-electron chi connectivity index (χ3n) is 19.6. The van der Waals surface area contributed by atoms with Crippen LogP contribution in [-0.4, -0.2) is 174 Å². The van der Waals surface area contributed by atoms with Gasteiger partial charge in [0.15, 0.2) is 11.6 Å². The highest BCUT2D eigenvalue weighted by molar-refractivity contribution is 6.12. The monoisotopic (exact) mass is 1340 g/mol. The zero-order chi connectivity index (χ0) is 70.9. The number of nitrogens with two attached hydrogens (primary N) is 1. The number of carbonyl (C=O) groups is 11. The van der Waals surface area contributed by atoms with Gasteiger partial charge >= 0.3 is 12.1 Å². The Morgan fingerprint density at radius 3 is 1.95 bits per heavy atom. The highest BCUT2D eigenvalue weighted by Crippen LogP contribution is 2.36. The highest BCUT2D eigenvalue weighted by Gasteiger charge is 2.45. The lowest BCUT2D eigenvalue weighted by molar-refractivity contribution is -0.150. The van der Waals surface area contributed by atoms with Gasteiger partial charge in [0.2, 0.25) is 23.6 Å². The number of likely N-dealkylation sites (N-methyl/N-ethyl adjacent to an activating group) is 2. The van der Waals surface area contributed by atoms with Gasteiger partial charge in [0.1, 0.15) is 12.4 Å². The summed E-state index contributed by atoms with van der Waals surface area (Å²) in [6.07, 6.45) is 7.50. The number of ketones is 3. The Hall–Kier alpha value is -7.37. The molecule has 1 unspecified atom stereocenters. The molecule has 1 saturated heterocycles. The maximum absolute atomic E-state index is 15.1. The van der Waals surface area contributed by atoms with Crippen molar-refractivity contribution in [1.82, 2.24) is 30.2 Å². The largest absolute Gasteiger partial charge is 0.445 e. The molecule has 96 heavy (non-hydrogen) atoms.